The molecule has 0 atom stereocenters. The summed E-state index contributed by atoms with van der Waals surface area (Å²) in [5, 5.41) is 8.10. The number of nitrogens with zero attached hydrogens (tertiary/aromatic N) is 5. The van der Waals surface area contributed by atoms with E-state index in [4.69, 9.17) is 0 Å². The third-order valence-electron chi connectivity index (χ3n) is 7.61. The van der Waals surface area contributed by atoms with Crippen LogP contribution in [0.2, 0.25) is 0 Å². The van der Waals surface area contributed by atoms with Crippen LogP contribution in [0.3, 0.4) is 0 Å². The van der Waals surface area contributed by atoms with Gasteiger partial charge in [0.1, 0.15) is 12.1 Å². The lowest BCUT2D eigenvalue weighted by Gasteiger charge is -2.32. The van der Waals surface area contributed by atoms with Crippen molar-refractivity contribution < 1.29 is 22.7 Å². The molecular weight excluding hydrogens is 613 g/mol. The fourth-order valence-electron chi connectivity index (χ4n) is 5.30. The van der Waals surface area contributed by atoms with Crippen LogP contribution in [0.25, 0.3) is 22.6 Å². The minimum absolute atomic E-state index is 0.313. The van der Waals surface area contributed by atoms with Gasteiger partial charge in [0.2, 0.25) is 0 Å². The number of rotatable bonds is 7. The first-order valence-corrected chi connectivity index (χ1v) is 15.8. The lowest BCUT2D eigenvalue weighted by Crippen LogP contribution is -2.36. The summed E-state index contributed by atoms with van der Waals surface area (Å²) in [6, 6.07) is 18.8. The molecule has 12 heteroatoms. The molecule has 1 N–H and O–H groups in total. The van der Waals surface area contributed by atoms with Crippen LogP contribution in [0.5, 0.6) is 5.75 Å². The van der Waals surface area contributed by atoms with Crippen molar-refractivity contribution in [2.45, 2.75) is 53.3 Å². The van der Waals surface area contributed by atoms with Gasteiger partial charge in [-0.15, -0.1) is 18.3 Å². The Bertz CT molecular complexity index is 1760. The highest BCUT2D eigenvalue weighted by Crippen LogP contribution is 2.34. The molecular formula is C34H35F3N6O2S. The van der Waals surface area contributed by atoms with Gasteiger partial charge in [-0.2, -0.15) is 4.99 Å². The van der Waals surface area contributed by atoms with Gasteiger partial charge in [0.25, 0.3) is 0 Å². The molecule has 0 bridgehead atoms. The lowest BCUT2D eigenvalue weighted by atomic mass is 9.95. The van der Waals surface area contributed by atoms with E-state index in [0.717, 1.165) is 41.1 Å². The van der Waals surface area contributed by atoms with Gasteiger partial charge >= 0.3 is 12.4 Å². The third kappa shape index (κ3) is 7.79. The number of amides is 2. The highest BCUT2D eigenvalue weighted by Gasteiger charge is 2.31. The number of amidine groups is 1. The lowest BCUT2D eigenvalue weighted by molar-refractivity contribution is -0.274. The summed E-state index contributed by atoms with van der Waals surface area (Å²) < 4.78 is 42.7. The van der Waals surface area contributed by atoms with Crippen molar-refractivity contribution in [2.75, 3.05) is 17.2 Å². The largest absolute Gasteiger partial charge is 0.573 e. The number of aliphatic imine (C=N–C) groups is 1. The number of anilines is 1. The van der Waals surface area contributed by atoms with E-state index in [9.17, 15) is 18.0 Å². The Balaban J connectivity index is 1.28. The zero-order valence-electron chi connectivity index (χ0n) is 26.2. The number of ether oxygens (including phenoxy) is 1. The SMILES string of the molecule is C/C(NC(=O)N=C1SCCCN1c1cccc(C)c1C(C)C)=C(/C)c1ccc(-c2ncn(-c3ccc(OC(F)(F)F)cc3)n2)cc1. The van der Waals surface area contributed by atoms with Crippen LogP contribution in [-0.2, 0) is 0 Å². The number of allylic oxidation sites excluding steroid dienone is 2. The summed E-state index contributed by atoms with van der Waals surface area (Å²) in [6.07, 6.45) is -2.26. The van der Waals surface area contributed by atoms with Crippen LogP contribution in [0.1, 0.15) is 56.7 Å². The first-order chi connectivity index (χ1) is 21.9. The number of nitrogens with one attached hydrogen (secondary N) is 1. The van der Waals surface area contributed by atoms with Crippen molar-refractivity contribution in [2.24, 2.45) is 4.99 Å². The predicted molar refractivity (Wildman–Crippen MR) is 177 cm³/mol. The fourth-order valence-corrected chi connectivity index (χ4v) is 6.25. The minimum atomic E-state index is -4.75. The number of hydrogen-bond donors (Lipinski definition) is 1. The Morgan fingerprint density at radius 1 is 1.04 bits per heavy atom. The van der Waals surface area contributed by atoms with E-state index >= 15 is 0 Å². The Kier molecular flexibility index (Phi) is 9.85. The standard InChI is InChI=1S/C34H35F3N6O2S/c1-21(2)30-22(3)8-6-9-29(30)42-18-7-19-46-33(42)40-32(44)39-24(5)23(4)25-10-12-26(13-11-25)31-38-20-43(41-31)27-14-16-28(17-15-27)45-34(35,36)37/h6,8-17,20-21H,7,18-19H2,1-5H3,(H,39,44)/b24-23+,40-33?. The topological polar surface area (TPSA) is 84.6 Å². The summed E-state index contributed by atoms with van der Waals surface area (Å²) in [7, 11) is 0. The van der Waals surface area contributed by atoms with Gasteiger partial charge in [-0.05, 0) is 85.7 Å². The third-order valence-corrected chi connectivity index (χ3v) is 8.68. The second kappa shape index (κ2) is 13.8. The molecule has 0 spiro atoms. The molecule has 2 amide bonds. The fraction of sp³-hybridized carbons (Fsp3) is 0.294. The second-order valence-electron chi connectivity index (χ2n) is 11.2. The molecule has 1 fully saturated rings. The van der Waals surface area contributed by atoms with Crippen molar-refractivity contribution in [3.05, 3.63) is 95.4 Å². The van der Waals surface area contributed by atoms with E-state index < -0.39 is 12.4 Å². The second-order valence-corrected chi connectivity index (χ2v) is 12.3. The van der Waals surface area contributed by atoms with Crippen LogP contribution < -0.4 is 15.0 Å². The molecule has 0 radical (unpaired) electrons. The summed E-state index contributed by atoms with van der Waals surface area (Å²) in [4.78, 5) is 24.1. The van der Waals surface area contributed by atoms with Crippen LogP contribution in [-0.4, -0.2) is 44.6 Å². The molecule has 5 rings (SSSR count). The maximum atomic E-state index is 13.1. The molecule has 3 aromatic carbocycles. The number of urea groups is 1. The summed E-state index contributed by atoms with van der Waals surface area (Å²) in [6.45, 7) is 11.1. The van der Waals surface area contributed by atoms with Crippen LogP contribution in [0, 0.1) is 6.92 Å². The summed E-state index contributed by atoms with van der Waals surface area (Å²) in [5.74, 6) is 1.38. The van der Waals surface area contributed by atoms with Crippen LogP contribution in [0.4, 0.5) is 23.7 Å². The number of hydrogen-bond acceptors (Lipinski definition) is 5. The summed E-state index contributed by atoms with van der Waals surface area (Å²) >= 11 is 1.59. The molecule has 240 valence electrons. The Morgan fingerprint density at radius 3 is 2.43 bits per heavy atom. The van der Waals surface area contributed by atoms with Crippen LogP contribution >= 0.6 is 11.8 Å². The van der Waals surface area contributed by atoms with E-state index in [1.807, 2.05) is 38.1 Å². The molecule has 4 aromatic rings. The average molecular weight is 649 g/mol. The van der Waals surface area contributed by atoms with Gasteiger partial charge < -0.3 is 15.0 Å². The molecule has 46 heavy (non-hydrogen) atoms. The Hall–Kier alpha value is -4.58. The maximum Gasteiger partial charge on any atom is 0.573 e. The zero-order chi connectivity index (χ0) is 33.0. The quantitative estimate of drug-likeness (QED) is 0.216. The van der Waals surface area contributed by atoms with E-state index in [1.165, 1.54) is 46.4 Å². The van der Waals surface area contributed by atoms with Gasteiger partial charge in [-0.3, -0.25) is 0 Å². The molecule has 1 saturated heterocycles. The van der Waals surface area contributed by atoms with Gasteiger partial charge in [0, 0.05) is 29.2 Å². The van der Waals surface area contributed by atoms with Crippen LogP contribution in [0.15, 0.2) is 83.7 Å². The first-order valence-electron chi connectivity index (χ1n) is 14.9. The van der Waals surface area contributed by atoms with Gasteiger partial charge in [0.15, 0.2) is 11.0 Å². The minimum Gasteiger partial charge on any atom is -0.406 e. The van der Waals surface area contributed by atoms with Crippen molar-refractivity contribution in [3.63, 3.8) is 0 Å². The number of halogens is 3. The van der Waals surface area contributed by atoms with Gasteiger partial charge in [-0.25, -0.2) is 14.5 Å². The molecule has 1 aromatic heterocycles. The number of aryl methyl sites for hydroxylation is 1. The number of benzene rings is 3. The molecule has 2 heterocycles. The van der Waals surface area contributed by atoms with E-state index in [2.05, 4.69) is 69.0 Å². The van der Waals surface area contributed by atoms with Crippen molar-refractivity contribution in [3.8, 4) is 22.8 Å². The zero-order valence-corrected chi connectivity index (χ0v) is 27.0. The molecule has 0 aliphatic carbocycles. The molecule has 8 nitrogen and oxygen atoms in total. The molecule has 1 aliphatic rings. The Labute approximate surface area is 270 Å². The van der Waals surface area contributed by atoms with E-state index in [-0.39, 0.29) is 5.75 Å². The number of carbonyl (C=O) groups is 1. The predicted octanol–water partition coefficient (Wildman–Crippen LogP) is 8.72. The highest BCUT2D eigenvalue weighted by atomic mass is 32.2. The van der Waals surface area contributed by atoms with Gasteiger partial charge in [-0.1, -0.05) is 62.0 Å². The average Bonchev–Trinajstić information content (AvgIpc) is 3.51. The number of alkyl halides is 3. The maximum absolute atomic E-state index is 13.1. The monoisotopic (exact) mass is 648 g/mol. The normalized spacial score (nSPS) is 15.2. The van der Waals surface area contributed by atoms with Crippen molar-refractivity contribution in [1.29, 1.82) is 0 Å². The van der Waals surface area contributed by atoms with E-state index in [0.29, 0.717) is 28.3 Å². The first kappa shape index (κ1) is 32.8. The van der Waals surface area contributed by atoms with E-state index in [1.54, 1.807) is 11.8 Å². The molecule has 0 unspecified atom stereocenters. The van der Waals surface area contributed by atoms with Crippen molar-refractivity contribution in [1.82, 2.24) is 20.1 Å². The number of carbonyl (C=O) groups excluding carboxylic acids is 1. The molecule has 1 aliphatic heterocycles. The highest BCUT2D eigenvalue weighted by molar-refractivity contribution is 8.14. The molecule has 0 saturated carbocycles. The van der Waals surface area contributed by atoms with Gasteiger partial charge in [0.05, 0.1) is 5.69 Å². The van der Waals surface area contributed by atoms with Crippen molar-refractivity contribution >= 4 is 34.2 Å². The smallest absolute Gasteiger partial charge is 0.406 e. The number of thioether (sulfide) groups is 1. The Morgan fingerprint density at radius 2 is 1.76 bits per heavy atom. The number of aromatic nitrogens is 3. The summed E-state index contributed by atoms with van der Waals surface area (Å²) in [5.41, 5.74) is 7.36.